The van der Waals surface area contributed by atoms with Crippen molar-refractivity contribution in [1.82, 2.24) is 4.98 Å². The van der Waals surface area contributed by atoms with E-state index in [2.05, 4.69) is 4.98 Å². The number of hydrogen-bond acceptors (Lipinski definition) is 5. The van der Waals surface area contributed by atoms with Crippen LogP contribution in [0.2, 0.25) is 0 Å². The fourth-order valence-electron chi connectivity index (χ4n) is 2.42. The molecule has 0 spiro atoms. The zero-order chi connectivity index (χ0) is 17.3. The molecule has 0 radical (unpaired) electrons. The third kappa shape index (κ3) is 2.85. The number of benzene rings is 2. The molecule has 0 bridgehead atoms. The molecule has 0 aliphatic carbocycles. The number of carbonyl (C=O) groups excluding carboxylic acids is 1. The molecule has 24 heavy (non-hydrogen) atoms. The van der Waals surface area contributed by atoms with Gasteiger partial charge in [-0.2, -0.15) is 0 Å². The van der Waals surface area contributed by atoms with Crippen molar-refractivity contribution in [2.24, 2.45) is 0 Å². The van der Waals surface area contributed by atoms with E-state index in [1.807, 2.05) is 0 Å². The molecule has 0 aliphatic rings. The minimum Gasteiger partial charge on any atom is -0.493 e. The highest BCUT2D eigenvalue weighted by molar-refractivity contribution is 7.71. The van der Waals surface area contributed by atoms with Crippen molar-refractivity contribution in [2.45, 2.75) is 0 Å². The molecular formula is C17H16N2O4S. The predicted octanol–water partition coefficient (Wildman–Crippen LogP) is 3.78. The summed E-state index contributed by atoms with van der Waals surface area (Å²) in [4.78, 5) is 17.4. The fraction of sp³-hybridized carbons (Fsp3) is 0.176. The van der Waals surface area contributed by atoms with Crippen molar-refractivity contribution in [3.63, 3.8) is 0 Å². The highest BCUT2D eigenvalue weighted by atomic mass is 32.1. The van der Waals surface area contributed by atoms with E-state index in [1.165, 1.54) is 4.90 Å². The van der Waals surface area contributed by atoms with Crippen molar-refractivity contribution >= 4 is 34.9 Å². The number of oxazole rings is 1. The summed E-state index contributed by atoms with van der Waals surface area (Å²) in [6, 6.07) is 10.5. The second-order valence-corrected chi connectivity index (χ2v) is 5.50. The van der Waals surface area contributed by atoms with Crippen LogP contribution in [0, 0.1) is 4.84 Å². The van der Waals surface area contributed by atoms with Crippen molar-refractivity contribution in [3.05, 3.63) is 46.8 Å². The third-order valence-electron chi connectivity index (χ3n) is 3.73. The molecule has 1 aromatic heterocycles. The van der Waals surface area contributed by atoms with Gasteiger partial charge in [0.15, 0.2) is 17.1 Å². The van der Waals surface area contributed by atoms with Gasteiger partial charge in [-0.3, -0.25) is 4.79 Å². The zero-order valence-electron chi connectivity index (χ0n) is 13.5. The molecule has 7 heteroatoms. The van der Waals surface area contributed by atoms with E-state index in [9.17, 15) is 4.79 Å². The Bertz CT molecular complexity index is 961. The number of nitrogens with one attached hydrogen (secondary N) is 1. The number of fused-ring (bicyclic) bond motifs is 1. The van der Waals surface area contributed by atoms with Crippen molar-refractivity contribution in [2.75, 3.05) is 26.2 Å². The van der Waals surface area contributed by atoms with Gasteiger partial charge < -0.3 is 23.8 Å². The van der Waals surface area contributed by atoms with Crippen molar-refractivity contribution in [3.8, 4) is 11.5 Å². The van der Waals surface area contributed by atoms with Crippen LogP contribution < -0.4 is 14.4 Å². The second kappa shape index (κ2) is 6.37. The van der Waals surface area contributed by atoms with Crippen LogP contribution in [0.25, 0.3) is 11.1 Å². The number of anilines is 1. The van der Waals surface area contributed by atoms with Gasteiger partial charge in [-0.15, -0.1) is 0 Å². The maximum atomic E-state index is 12.7. The van der Waals surface area contributed by atoms with Gasteiger partial charge >= 0.3 is 0 Å². The van der Waals surface area contributed by atoms with Crippen LogP contribution in [0.15, 0.2) is 40.8 Å². The van der Waals surface area contributed by atoms with Crippen LogP contribution in [-0.2, 0) is 0 Å². The van der Waals surface area contributed by atoms with E-state index in [4.69, 9.17) is 26.1 Å². The first kappa shape index (κ1) is 16.1. The molecule has 0 unspecified atom stereocenters. The van der Waals surface area contributed by atoms with Gasteiger partial charge in [0.2, 0.25) is 0 Å². The quantitative estimate of drug-likeness (QED) is 0.730. The summed E-state index contributed by atoms with van der Waals surface area (Å²) in [5, 5.41) is 0. The fourth-order valence-corrected chi connectivity index (χ4v) is 2.62. The lowest BCUT2D eigenvalue weighted by atomic mass is 10.1. The van der Waals surface area contributed by atoms with E-state index in [-0.39, 0.29) is 10.7 Å². The minimum absolute atomic E-state index is 0.175. The first-order valence-electron chi connectivity index (χ1n) is 7.16. The molecule has 0 saturated heterocycles. The largest absolute Gasteiger partial charge is 0.493 e. The summed E-state index contributed by atoms with van der Waals surface area (Å²) in [6.45, 7) is 0. The first-order valence-corrected chi connectivity index (χ1v) is 7.57. The third-order valence-corrected chi connectivity index (χ3v) is 3.91. The highest BCUT2D eigenvalue weighted by Crippen LogP contribution is 2.31. The lowest BCUT2D eigenvalue weighted by Gasteiger charge is -2.19. The predicted molar refractivity (Wildman–Crippen MR) is 93.7 cm³/mol. The number of methoxy groups -OCH3 is 2. The number of hydrogen-bond donors (Lipinski definition) is 1. The number of amides is 1. The Kier molecular flexibility index (Phi) is 4.26. The Balaban J connectivity index is 1.94. The maximum Gasteiger partial charge on any atom is 0.266 e. The first-order chi connectivity index (χ1) is 11.5. The van der Waals surface area contributed by atoms with Gasteiger partial charge in [0, 0.05) is 24.4 Å². The number of nitrogens with zero attached hydrogens (tertiary/aromatic N) is 1. The Morgan fingerprint density at radius 2 is 1.88 bits per heavy atom. The van der Waals surface area contributed by atoms with Crippen LogP contribution in [0.1, 0.15) is 10.4 Å². The van der Waals surface area contributed by atoms with Gasteiger partial charge in [-0.05, 0) is 42.5 Å². The van der Waals surface area contributed by atoms with E-state index in [0.29, 0.717) is 28.3 Å². The molecule has 0 fully saturated rings. The van der Waals surface area contributed by atoms with Gasteiger partial charge in [0.25, 0.3) is 10.7 Å². The molecule has 6 nitrogen and oxygen atoms in total. The lowest BCUT2D eigenvalue weighted by Crippen LogP contribution is -2.26. The Morgan fingerprint density at radius 1 is 1.12 bits per heavy atom. The summed E-state index contributed by atoms with van der Waals surface area (Å²) >= 11 is 4.96. The lowest BCUT2D eigenvalue weighted by molar-refractivity contribution is 0.0993. The monoisotopic (exact) mass is 344 g/mol. The highest BCUT2D eigenvalue weighted by Gasteiger charge is 2.16. The van der Waals surface area contributed by atoms with Crippen LogP contribution in [0.4, 0.5) is 5.69 Å². The van der Waals surface area contributed by atoms with E-state index < -0.39 is 0 Å². The summed E-state index contributed by atoms with van der Waals surface area (Å²) in [5.74, 6) is 0.987. The molecule has 3 rings (SSSR count). The Labute approximate surface area is 143 Å². The zero-order valence-corrected chi connectivity index (χ0v) is 14.3. The number of aromatic nitrogens is 1. The van der Waals surface area contributed by atoms with Crippen LogP contribution in [0.5, 0.6) is 11.5 Å². The number of ether oxygens (including phenoxy) is 2. The number of rotatable bonds is 4. The average molecular weight is 344 g/mol. The summed E-state index contributed by atoms with van der Waals surface area (Å²) in [6.07, 6.45) is 0. The van der Waals surface area contributed by atoms with Crippen LogP contribution in [0.3, 0.4) is 0 Å². The molecule has 0 atom stereocenters. The van der Waals surface area contributed by atoms with Gasteiger partial charge in [-0.1, -0.05) is 0 Å². The smallest absolute Gasteiger partial charge is 0.266 e. The topological polar surface area (TPSA) is 67.7 Å². The van der Waals surface area contributed by atoms with Crippen LogP contribution >= 0.6 is 12.2 Å². The molecule has 1 N–H and O–H groups in total. The normalized spacial score (nSPS) is 10.6. The van der Waals surface area contributed by atoms with Gasteiger partial charge in [0.1, 0.15) is 0 Å². The summed E-state index contributed by atoms with van der Waals surface area (Å²) in [5.41, 5.74) is 2.49. The van der Waals surface area contributed by atoms with Gasteiger partial charge in [-0.25, -0.2) is 0 Å². The molecule has 0 saturated carbocycles. The summed E-state index contributed by atoms with van der Waals surface area (Å²) < 4.78 is 15.9. The van der Waals surface area contributed by atoms with E-state index >= 15 is 0 Å². The average Bonchev–Trinajstić information content (AvgIpc) is 2.98. The number of H-pyrrole nitrogens is 1. The van der Waals surface area contributed by atoms with E-state index in [1.54, 1.807) is 57.7 Å². The molecule has 0 aliphatic heterocycles. The summed E-state index contributed by atoms with van der Waals surface area (Å²) in [7, 11) is 4.81. The van der Waals surface area contributed by atoms with Crippen LogP contribution in [-0.4, -0.2) is 32.2 Å². The Morgan fingerprint density at radius 3 is 2.58 bits per heavy atom. The number of aromatic amines is 1. The molecule has 1 amide bonds. The Hall–Kier alpha value is -2.80. The molecule has 124 valence electrons. The minimum atomic E-state index is -0.175. The number of carbonyl (C=O) groups is 1. The standard InChI is InChI=1S/C17H16N2O4S/c1-19(11-5-7-13(21-2)15(9-11)22-3)16(20)10-4-6-12-14(8-10)23-17(24)18-12/h4-9H,1-3H3,(H,18,24). The second-order valence-electron chi connectivity index (χ2n) is 5.13. The van der Waals surface area contributed by atoms with Gasteiger partial charge in [0.05, 0.1) is 19.7 Å². The van der Waals surface area contributed by atoms with E-state index in [0.717, 1.165) is 5.52 Å². The molecule has 3 aromatic rings. The van der Waals surface area contributed by atoms with Crippen molar-refractivity contribution < 1.29 is 18.7 Å². The van der Waals surface area contributed by atoms with Crippen molar-refractivity contribution in [1.29, 1.82) is 0 Å². The molecule has 2 aromatic carbocycles. The molecular weight excluding hydrogens is 328 g/mol. The maximum absolute atomic E-state index is 12.7. The molecule has 1 heterocycles. The SMILES string of the molecule is COc1ccc(N(C)C(=O)c2ccc3[nH]c(=S)oc3c2)cc1OC.